The summed E-state index contributed by atoms with van der Waals surface area (Å²) >= 11 is 0. The first kappa shape index (κ1) is 16.5. The lowest BCUT2D eigenvalue weighted by Gasteiger charge is -2.34. The molecule has 3 N–H and O–H groups in total. The molecule has 2 atom stereocenters. The molecule has 1 heterocycles. The van der Waals surface area contributed by atoms with Crippen molar-refractivity contribution in [3.63, 3.8) is 0 Å². The first-order chi connectivity index (χ1) is 10.4. The fraction of sp³-hybridized carbons (Fsp3) is 0.529. The van der Waals surface area contributed by atoms with Crippen molar-refractivity contribution >= 4 is 17.5 Å². The van der Waals surface area contributed by atoms with Crippen LogP contribution in [0.25, 0.3) is 0 Å². The van der Waals surface area contributed by atoms with Gasteiger partial charge in [0, 0.05) is 12.6 Å². The highest BCUT2D eigenvalue weighted by Crippen LogP contribution is 2.22. The summed E-state index contributed by atoms with van der Waals surface area (Å²) in [4.78, 5) is 23.7. The second-order valence-corrected chi connectivity index (χ2v) is 6.22. The molecule has 0 aliphatic carbocycles. The van der Waals surface area contributed by atoms with Gasteiger partial charge in [-0.15, -0.1) is 0 Å². The van der Waals surface area contributed by atoms with E-state index < -0.39 is 5.54 Å². The summed E-state index contributed by atoms with van der Waals surface area (Å²) < 4.78 is 0. The van der Waals surface area contributed by atoms with E-state index in [1.807, 2.05) is 38.1 Å². The van der Waals surface area contributed by atoms with Gasteiger partial charge in [0.05, 0.1) is 11.6 Å². The molecule has 5 heteroatoms. The monoisotopic (exact) mass is 303 g/mol. The van der Waals surface area contributed by atoms with Gasteiger partial charge in [0.15, 0.2) is 0 Å². The molecule has 0 aromatic heterocycles. The maximum absolute atomic E-state index is 12.5. The van der Waals surface area contributed by atoms with Crippen LogP contribution >= 0.6 is 0 Å². The average molecular weight is 303 g/mol. The fourth-order valence-electron chi connectivity index (χ4n) is 2.78. The molecular weight excluding hydrogens is 278 g/mol. The van der Waals surface area contributed by atoms with E-state index in [1.165, 1.54) is 6.92 Å². The number of hydrogen-bond donors (Lipinski definition) is 3. The molecule has 0 bridgehead atoms. The Hall–Kier alpha value is -1.88. The number of hydrogen-bond acceptors (Lipinski definition) is 3. The largest absolute Gasteiger partial charge is 0.348 e. The van der Waals surface area contributed by atoms with Gasteiger partial charge < -0.3 is 16.0 Å². The van der Waals surface area contributed by atoms with Crippen LogP contribution in [0.5, 0.6) is 0 Å². The van der Waals surface area contributed by atoms with E-state index in [2.05, 4.69) is 16.0 Å². The van der Waals surface area contributed by atoms with E-state index in [9.17, 15) is 9.59 Å². The minimum Gasteiger partial charge on any atom is -0.348 e. The molecule has 1 saturated heterocycles. The van der Waals surface area contributed by atoms with E-state index >= 15 is 0 Å². The lowest BCUT2D eigenvalue weighted by molar-refractivity contribution is -0.128. The van der Waals surface area contributed by atoms with E-state index in [0.29, 0.717) is 0 Å². The second-order valence-electron chi connectivity index (χ2n) is 6.22. The minimum atomic E-state index is -0.484. The molecule has 2 amide bonds. The number of carbonyl (C=O) groups is 2. The Bertz CT molecular complexity index is 551. The summed E-state index contributed by atoms with van der Waals surface area (Å²) in [5.41, 5.74) is 1.23. The summed E-state index contributed by atoms with van der Waals surface area (Å²) in [5.74, 6) is -0.0719. The topological polar surface area (TPSA) is 70.2 Å². The normalized spacial score (nSPS) is 22.7. The third kappa shape index (κ3) is 4.07. The molecule has 0 spiro atoms. The van der Waals surface area contributed by atoms with Crippen LogP contribution in [0.15, 0.2) is 24.3 Å². The van der Waals surface area contributed by atoms with E-state index in [-0.39, 0.29) is 17.9 Å². The van der Waals surface area contributed by atoms with Crippen LogP contribution in [0, 0.1) is 0 Å². The van der Waals surface area contributed by atoms with E-state index in [4.69, 9.17) is 0 Å². The van der Waals surface area contributed by atoms with Gasteiger partial charge in [-0.3, -0.25) is 9.59 Å². The molecule has 2 unspecified atom stereocenters. The number of nitrogens with one attached hydrogen (secondary N) is 3. The van der Waals surface area contributed by atoms with Crippen molar-refractivity contribution in [3.8, 4) is 0 Å². The molecule has 1 aliphatic heterocycles. The number of benzene rings is 1. The van der Waals surface area contributed by atoms with Crippen molar-refractivity contribution in [2.24, 2.45) is 0 Å². The number of piperidine rings is 1. The molecule has 120 valence electrons. The fourth-order valence-corrected chi connectivity index (χ4v) is 2.78. The van der Waals surface area contributed by atoms with Gasteiger partial charge in [0.2, 0.25) is 11.8 Å². The number of rotatable bonds is 4. The molecule has 1 fully saturated rings. The molecule has 22 heavy (non-hydrogen) atoms. The predicted molar refractivity (Wildman–Crippen MR) is 87.6 cm³/mol. The predicted octanol–water partition coefficient (Wildman–Crippen LogP) is 2.35. The molecule has 1 aromatic carbocycles. The Morgan fingerprint density at radius 3 is 2.73 bits per heavy atom. The summed E-state index contributed by atoms with van der Waals surface area (Å²) in [7, 11) is 0. The zero-order valence-corrected chi connectivity index (χ0v) is 13.5. The van der Waals surface area contributed by atoms with Crippen molar-refractivity contribution in [3.05, 3.63) is 29.8 Å². The molecule has 5 nitrogen and oxygen atoms in total. The molecule has 1 aromatic rings. The Balaban J connectivity index is 2.03. The van der Waals surface area contributed by atoms with Gasteiger partial charge in [0.25, 0.3) is 0 Å². The lowest BCUT2D eigenvalue weighted by Crippen LogP contribution is -2.57. The van der Waals surface area contributed by atoms with Crippen LogP contribution < -0.4 is 16.0 Å². The molecule has 0 radical (unpaired) electrons. The van der Waals surface area contributed by atoms with Gasteiger partial charge in [0.1, 0.15) is 0 Å². The summed E-state index contributed by atoms with van der Waals surface area (Å²) in [6.07, 6.45) is 3.05. The molecule has 0 saturated carbocycles. The van der Waals surface area contributed by atoms with E-state index in [0.717, 1.165) is 37.1 Å². The van der Waals surface area contributed by atoms with Crippen LogP contribution in [0.3, 0.4) is 0 Å². The molecular formula is C17H25N3O2. The highest BCUT2D eigenvalue weighted by molar-refractivity contribution is 5.89. The van der Waals surface area contributed by atoms with Crippen molar-refractivity contribution < 1.29 is 9.59 Å². The quantitative estimate of drug-likeness (QED) is 0.799. The van der Waals surface area contributed by atoms with Crippen LogP contribution in [-0.4, -0.2) is 23.9 Å². The summed E-state index contributed by atoms with van der Waals surface area (Å²) in [6.45, 7) is 6.28. The number of amides is 2. The van der Waals surface area contributed by atoms with E-state index in [1.54, 1.807) is 0 Å². The molecule has 2 rings (SSSR count). The van der Waals surface area contributed by atoms with Crippen LogP contribution in [0.2, 0.25) is 0 Å². The van der Waals surface area contributed by atoms with Crippen LogP contribution in [0.4, 0.5) is 5.69 Å². The summed E-state index contributed by atoms with van der Waals surface area (Å²) in [6, 6.07) is 7.45. The van der Waals surface area contributed by atoms with Crippen LogP contribution in [0.1, 0.15) is 51.6 Å². The minimum absolute atomic E-state index is 0.0321. The SMILES string of the molecule is CC(=O)Nc1cccc(C(C)NC(=O)C2(C)CCCCN2)c1. The maximum atomic E-state index is 12.5. The summed E-state index contributed by atoms with van der Waals surface area (Å²) in [5, 5.41) is 9.15. The zero-order chi connectivity index (χ0) is 16.2. The highest BCUT2D eigenvalue weighted by atomic mass is 16.2. The standard InChI is InChI=1S/C17H25N3O2/c1-12(14-7-6-8-15(11-14)20-13(2)21)19-16(22)17(3)9-4-5-10-18-17/h6-8,11-12,18H,4-5,9-10H2,1-3H3,(H,19,22)(H,20,21). The van der Waals surface area contributed by atoms with Gasteiger partial charge in [-0.1, -0.05) is 12.1 Å². The smallest absolute Gasteiger partial charge is 0.240 e. The number of carbonyl (C=O) groups excluding carboxylic acids is 2. The highest BCUT2D eigenvalue weighted by Gasteiger charge is 2.34. The van der Waals surface area contributed by atoms with Gasteiger partial charge in [-0.05, 0) is 57.4 Å². The van der Waals surface area contributed by atoms with Gasteiger partial charge >= 0.3 is 0 Å². The first-order valence-electron chi connectivity index (χ1n) is 7.84. The average Bonchev–Trinajstić information content (AvgIpc) is 2.47. The lowest BCUT2D eigenvalue weighted by atomic mass is 9.89. The Morgan fingerprint density at radius 2 is 2.09 bits per heavy atom. The molecule has 1 aliphatic rings. The first-order valence-corrected chi connectivity index (χ1v) is 7.84. The van der Waals surface area contributed by atoms with Gasteiger partial charge in [-0.25, -0.2) is 0 Å². The third-order valence-electron chi connectivity index (χ3n) is 4.17. The van der Waals surface area contributed by atoms with Crippen molar-refractivity contribution in [1.29, 1.82) is 0 Å². The van der Waals surface area contributed by atoms with Crippen molar-refractivity contribution in [1.82, 2.24) is 10.6 Å². The maximum Gasteiger partial charge on any atom is 0.240 e. The second kappa shape index (κ2) is 6.92. The third-order valence-corrected chi connectivity index (χ3v) is 4.17. The Morgan fingerprint density at radius 1 is 1.32 bits per heavy atom. The zero-order valence-electron chi connectivity index (χ0n) is 13.5. The van der Waals surface area contributed by atoms with Crippen molar-refractivity contribution in [2.75, 3.05) is 11.9 Å². The van der Waals surface area contributed by atoms with Crippen LogP contribution in [-0.2, 0) is 9.59 Å². The van der Waals surface area contributed by atoms with Gasteiger partial charge in [-0.2, -0.15) is 0 Å². The Labute approximate surface area is 131 Å². The number of anilines is 1. The Kier molecular flexibility index (Phi) is 5.19. The van der Waals surface area contributed by atoms with Crippen molar-refractivity contribution in [2.45, 2.75) is 51.6 Å².